The number of aliphatic hydroxyl groups is 1. The number of amides is 1. The first kappa shape index (κ1) is 22.0. The molecule has 8 heteroatoms. The lowest BCUT2D eigenvalue weighted by Crippen LogP contribution is -2.40. The predicted octanol–water partition coefficient (Wildman–Crippen LogP) is 3.37. The first-order valence-electron chi connectivity index (χ1n) is 10.5. The Balaban J connectivity index is 1.76. The lowest BCUT2D eigenvalue weighted by molar-refractivity contribution is 0.0866. The van der Waals surface area contributed by atoms with E-state index in [1.807, 2.05) is 0 Å². The fourth-order valence-electron chi connectivity index (χ4n) is 4.15. The van der Waals surface area contributed by atoms with E-state index in [1.54, 1.807) is 31.4 Å². The number of halogens is 2. The molecule has 1 amide bonds. The summed E-state index contributed by atoms with van der Waals surface area (Å²) < 4.78 is 35.9. The SMILES string of the molecule is COc1ccc(Cn2cc(C(=O)NC3CCC(O)CC3)c(=O)c3c(F)ccc(F)c32)cc1. The number of nitrogens with one attached hydrogen (secondary N) is 1. The molecule has 0 aliphatic heterocycles. The van der Waals surface area contributed by atoms with Gasteiger partial charge < -0.3 is 19.7 Å². The number of fused-ring (bicyclic) bond motifs is 1. The van der Waals surface area contributed by atoms with E-state index in [-0.39, 0.29) is 29.8 Å². The number of hydrogen-bond donors (Lipinski definition) is 2. The number of methoxy groups -OCH3 is 1. The first-order chi connectivity index (χ1) is 15.4. The maximum absolute atomic E-state index is 14.7. The summed E-state index contributed by atoms with van der Waals surface area (Å²) in [4.78, 5) is 25.9. The predicted molar refractivity (Wildman–Crippen MR) is 116 cm³/mol. The molecule has 32 heavy (non-hydrogen) atoms. The van der Waals surface area contributed by atoms with Gasteiger partial charge in [-0.15, -0.1) is 0 Å². The van der Waals surface area contributed by atoms with Crippen molar-refractivity contribution in [2.75, 3.05) is 7.11 Å². The van der Waals surface area contributed by atoms with Crippen molar-refractivity contribution >= 4 is 16.8 Å². The van der Waals surface area contributed by atoms with Crippen molar-refractivity contribution in [3.05, 3.63) is 75.6 Å². The fourth-order valence-corrected chi connectivity index (χ4v) is 4.15. The summed E-state index contributed by atoms with van der Waals surface area (Å²) in [5.41, 5.74) is -0.534. The summed E-state index contributed by atoms with van der Waals surface area (Å²) in [5.74, 6) is -1.62. The molecular weight excluding hydrogens is 418 g/mol. The second kappa shape index (κ2) is 9.08. The maximum Gasteiger partial charge on any atom is 0.256 e. The number of nitrogens with zero attached hydrogens (tertiary/aromatic N) is 1. The van der Waals surface area contributed by atoms with E-state index in [2.05, 4.69) is 5.32 Å². The van der Waals surface area contributed by atoms with Gasteiger partial charge in [-0.1, -0.05) is 12.1 Å². The molecule has 168 valence electrons. The van der Waals surface area contributed by atoms with Crippen LogP contribution >= 0.6 is 0 Å². The van der Waals surface area contributed by atoms with Gasteiger partial charge in [0.2, 0.25) is 5.43 Å². The van der Waals surface area contributed by atoms with E-state index in [1.165, 1.54) is 10.8 Å². The van der Waals surface area contributed by atoms with E-state index in [9.17, 15) is 23.5 Å². The van der Waals surface area contributed by atoms with Gasteiger partial charge in [0.05, 0.1) is 24.1 Å². The summed E-state index contributed by atoms with van der Waals surface area (Å²) in [7, 11) is 1.54. The van der Waals surface area contributed by atoms with Crippen LogP contribution < -0.4 is 15.5 Å². The second-order valence-electron chi connectivity index (χ2n) is 8.08. The molecule has 1 saturated carbocycles. The van der Waals surface area contributed by atoms with Crippen LogP contribution in [0.15, 0.2) is 47.4 Å². The highest BCUT2D eigenvalue weighted by Crippen LogP contribution is 2.22. The minimum atomic E-state index is -0.884. The van der Waals surface area contributed by atoms with Crippen molar-refractivity contribution in [2.24, 2.45) is 0 Å². The van der Waals surface area contributed by atoms with E-state index in [4.69, 9.17) is 4.74 Å². The Kier molecular flexibility index (Phi) is 6.23. The monoisotopic (exact) mass is 442 g/mol. The van der Waals surface area contributed by atoms with Crippen LogP contribution in [0, 0.1) is 11.6 Å². The van der Waals surface area contributed by atoms with Crippen LogP contribution in [0.5, 0.6) is 5.75 Å². The summed E-state index contributed by atoms with van der Waals surface area (Å²) in [6, 6.07) is 8.69. The van der Waals surface area contributed by atoms with Gasteiger partial charge in [0.1, 0.15) is 22.9 Å². The highest BCUT2D eigenvalue weighted by molar-refractivity contribution is 5.97. The Morgan fingerprint density at radius 1 is 1.09 bits per heavy atom. The lowest BCUT2D eigenvalue weighted by atomic mass is 9.93. The van der Waals surface area contributed by atoms with Crippen LogP contribution in [-0.4, -0.2) is 34.8 Å². The molecule has 0 unspecified atom stereocenters. The van der Waals surface area contributed by atoms with Crippen LogP contribution in [-0.2, 0) is 6.54 Å². The number of carbonyl (C=O) groups excluding carboxylic acids is 1. The molecule has 0 spiro atoms. The Morgan fingerprint density at radius 3 is 2.41 bits per heavy atom. The first-order valence-corrected chi connectivity index (χ1v) is 10.5. The van der Waals surface area contributed by atoms with E-state index < -0.39 is 28.4 Å². The number of aromatic nitrogens is 1. The Labute approximate surface area is 183 Å². The van der Waals surface area contributed by atoms with Gasteiger partial charge in [-0.05, 0) is 55.5 Å². The Hall–Kier alpha value is -3.26. The van der Waals surface area contributed by atoms with Gasteiger partial charge in [0, 0.05) is 18.8 Å². The third kappa shape index (κ3) is 4.36. The van der Waals surface area contributed by atoms with E-state index >= 15 is 0 Å². The van der Waals surface area contributed by atoms with Crippen LogP contribution in [0.25, 0.3) is 10.9 Å². The van der Waals surface area contributed by atoms with Crippen molar-refractivity contribution in [1.82, 2.24) is 9.88 Å². The molecule has 2 aromatic carbocycles. The van der Waals surface area contributed by atoms with Crippen LogP contribution in [0.4, 0.5) is 8.78 Å². The summed E-state index contributed by atoms with van der Waals surface area (Å²) in [6.07, 6.45) is 3.19. The molecule has 1 aliphatic carbocycles. The van der Waals surface area contributed by atoms with Crippen molar-refractivity contribution in [3.63, 3.8) is 0 Å². The van der Waals surface area contributed by atoms with Gasteiger partial charge in [0.15, 0.2) is 0 Å². The molecule has 0 saturated heterocycles. The average Bonchev–Trinajstić information content (AvgIpc) is 2.79. The zero-order valence-electron chi connectivity index (χ0n) is 17.6. The zero-order chi connectivity index (χ0) is 22.8. The largest absolute Gasteiger partial charge is 0.497 e. The molecular formula is C24H24F2N2O4. The van der Waals surface area contributed by atoms with Gasteiger partial charge >= 0.3 is 0 Å². The molecule has 4 rings (SSSR count). The molecule has 1 fully saturated rings. The Bertz CT molecular complexity index is 1200. The topological polar surface area (TPSA) is 80.6 Å². The Morgan fingerprint density at radius 2 is 1.75 bits per heavy atom. The van der Waals surface area contributed by atoms with Gasteiger partial charge in [-0.3, -0.25) is 9.59 Å². The summed E-state index contributed by atoms with van der Waals surface area (Å²) in [6.45, 7) is 0.122. The minimum absolute atomic E-state index is 0.122. The number of rotatable bonds is 5. The van der Waals surface area contributed by atoms with Gasteiger partial charge in [-0.25, -0.2) is 8.78 Å². The molecule has 0 radical (unpaired) electrons. The number of pyridine rings is 1. The summed E-state index contributed by atoms with van der Waals surface area (Å²) in [5, 5.41) is 12.0. The molecule has 0 bridgehead atoms. The number of benzene rings is 2. The number of ether oxygens (including phenoxy) is 1. The van der Waals surface area contributed by atoms with Crippen molar-refractivity contribution in [2.45, 2.75) is 44.4 Å². The highest BCUT2D eigenvalue weighted by atomic mass is 19.1. The van der Waals surface area contributed by atoms with Crippen molar-refractivity contribution < 1.29 is 23.4 Å². The van der Waals surface area contributed by atoms with Crippen molar-refractivity contribution in [3.8, 4) is 5.75 Å². The summed E-state index contributed by atoms with van der Waals surface area (Å²) >= 11 is 0. The van der Waals surface area contributed by atoms with E-state index in [0.29, 0.717) is 31.4 Å². The van der Waals surface area contributed by atoms with Crippen LogP contribution in [0.1, 0.15) is 41.6 Å². The normalized spacial score (nSPS) is 18.5. The molecule has 3 aromatic rings. The molecule has 1 aliphatic rings. The number of carbonyl (C=O) groups is 1. The third-order valence-electron chi connectivity index (χ3n) is 5.91. The molecule has 0 atom stereocenters. The third-order valence-corrected chi connectivity index (χ3v) is 5.91. The van der Waals surface area contributed by atoms with Crippen LogP contribution in [0.3, 0.4) is 0 Å². The maximum atomic E-state index is 14.7. The number of hydrogen-bond acceptors (Lipinski definition) is 4. The molecule has 2 N–H and O–H groups in total. The standard InChI is InChI=1S/C24H24F2N2O4/c1-32-17-8-2-14(3-9-17)12-28-13-18(24(31)27-15-4-6-16(29)7-5-15)23(30)21-19(25)10-11-20(26)22(21)28/h2-3,8-11,13,15-16,29H,4-7,12H2,1H3,(H,27,31). The zero-order valence-corrected chi connectivity index (χ0v) is 17.6. The van der Waals surface area contributed by atoms with Gasteiger partial charge in [-0.2, -0.15) is 0 Å². The minimum Gasteiger partial charge on any atom is -0.497 e. The molecule has 1 heterocycles. The smallest absolute Gasteiger partial charge is 0.256 e. The van der Waals surface area contributed by atoms with Crippen LogP contribution in [0.2, 0.25) is 0 Å². The fraction of sp³-hybridized carbons (Fsp3) is 0.333. The quantitative estimate of drug-likeness (QED) is 0.635. The van der Waals surface area contributed by atoms with Crippen molar-refractivity contribution in [1.29, 1.82) is 0 Å². The second-order valence-corrected chi connectivity index (χ2v) is 8.08. The van der Waals surface area contributed by atoms with Gasteiger partial charge in [0.25, 0.3) is 5.91 Å². The number of aliphatic hydroxyl groups excluding tert-OH is 1. The average molecular weight is 442 g/mol. The molecule has 1 aromatic heterocycles. The molecule has 6 nitrogen and oxygen atoms in total. The lowest BCUT2D eigenvalue weighted by Gasteiger charge is -2.26. The highest BCUT2D eigenvalue weighted by Gasteiger charge is 2.25. The van der Waals surface area contributed by atoms with E-state index in [0.717, 1.165) is 17.7 Å².